The summed E-state index contributed by atoms with van der Waals surface area (Å²) in [5, 5.41) is -0.117. The Kier molecular flexibility index (Phi) is 5.39. The fraction of sp³-hybridized carbons (Fsp3) is 0.300. The smallest absolute Gasteiger partial charge is 0.417 e. The Morgan fingerprint density at radius 3 is 2.57 bits per heavy atom. The first-order valence-corrected chi connectivity index (χ1v) is 8.97. The highest BCUT2D eigenvalue weighted by Gasteiger charge is 2.32. The van der Waals surface area contributed by atoms with Crippen molar-refractivity contribution in [3.63, 3.8) is 0 Å². The third-order valence-electron chi connectivity index (χ3n) is 4.38. The van der Waals surface area contributed by atoms with Crippen LogP contribution in [-0.2, 0) is 17.5 Å². The van der Waals surface area contributed by atoms with Gasteiger partial charge in [-0.1, -0.05) is 43.6 Å². The van der Waals surface area contributed by atoms with E-state index in [-0.39, 0.29) is 23.2 Å². The second-order valence-electron chi connectivity index (χ2n) is 6.76. The molecular weight excluding hydrogens is 393 g/mol. The van der Waals surface area contributed by atoms with Gasteiger partial charge in [0, 0.05) is 6.20 Å². The van der Waals surface area contributed by atoms with Gasteiger partial charge in [0.15, 0.2) is 5.65 Å². The van der Waals surface area contributed by atoms with E-state index in [9.17, 15) is 18.0 Å². The zero-order chi connectivity index (χ0) is 20.6. The normalized spacial score (nSPS) is 12.0. The van der Waals surface area contributed by atoms with Crippen LogP contribution in [0.4, 0.5) is 13.2 Å². The number of fused-ring (bicyclic) bond motifs is 1. The highest BCUT2D eigenvalue weighted by atomic mass is 35.5. The van der Waals surface area contributed by atoms with Crippen molar-refractivity contribution in [2.75, 3.05) is 0 Å². The first-order chi connectivity index (χ1) is 13.1. The predicted octanol–water partition coefficient (Wildman–Crippen LogP) is 5.80. The second kappa shape index (κ2) is 7.47. The van der Waals surface area contributed by atoms with Gasteiger partial charge in [0.2, 0.25) is 0 Å². The molecule has 8 heteroatoms. The summed E-state index contributed by atoms with van der Waals surface area (Å²) in [6, 6.07) is 7.77. The molecule has 2 aromatic heterocycles. The van der Waals surface area contributed by atoms with E-state index >= 15 is 0 Å². The molecule has 4 nitrogen and oxygen atoms in total. The van der Waals surface area contributed by atoms with Gasteiger partial charge < -0.3 is 4.74 Å². The summed E-state index contributed by atoms with van der Waals surface area (Å²) in [7, 11) is 0. The van der Waals surface area contributed by atoms with Crippen molar-refractivity contribution in [1.29, 1.82) is 0 Å². The molecule has 3 rings (SSSR count). The van der Waals surface area contributed by atoms with Crippen LogP contribution < -0.4 is 0 Å². The lowest BCUT2D eigenvalue weighted by Gasteiger charge is -2.12. The third-order valence-corrected chi connectivity index (χ3v) is 4.66. The third kappa shape index (κ3) is 3.85. The number of hydrogen-bond acceptors (Lipinski definition) is 3. The summed E-state index contributed by atoms with van der Waals surface area (Å²) in [6.45, 7) is 5.26. The van der Waals surface area contributed by atoms with Gasteiger partial charge in [0.25, 0.3) is 0 Å². The minimum Gasteiger partial charge on any atom is -0.456 e. The Labute approximate surface area is 164 Å². The molecule has 148 valence electrons. The molecular formula is C20H18ClF3N2O2. The molecule has 0 aliphatic carbocycles. The molecule has 0 spiro atoms. The van der Waals surface area contributed by atoms with Crippen LogP contribution >= 0.6 is 11.6 Å². The molecule has 0 aliphatic heterocycles. The van der Waals surface area contributed by atoms with Crippen LogP contribution in [0.5, 0.6) is 0 Å². The fourth-order valence-corrected chi connectivity index (χ4v) is 3.19. The quantitative estimate of drug-likeness (QED) is 0.511. The summed E-state index contributed by atoms with van der Waals surface area (Å²) in [4.78, 5) is 16.8. The number of esters is 1. The number of pyridine rings is 1. The maximum atomic E-state index is 13.2. The highest BCUT2D eigenvalue weighted by Crippen LogP contribution is 2.34. The first-order valence-electron chi connectivity index (χ1n) is 8.60. The number of halogens is 4. The van der Waals surface area contributed by atoms with Gasteiger partial charge in [-0.2, -0.15) is 13.2 Å². The molecule has 0 bridgehead atoms. The van der Waals surface area contributed by atoms with Crippen LogP contribution in [-0.4, -0.2) is 15.4 Å². The van der Waals surface area contributed by atoms with Gasteiger partial charge in [0.05, 0.1) is 27.5 Å². The molecule has 0 saturated heterocycles. The van der Waals surface area contributed by atoms with Gasteiger partial charge in [-0.05, 0) is 30.5 Å². The summed E-state index contributed by atoms with van der Waals surface area (Å²) in [5.74, 6) is -0.654. The van der Waals surface area contributed by atoms with Crippen molar-refractivity contribution >= 4 is 23.2 Å². The minimum atomic E-state index is -4.56. The Hall–Kier alpha value is -2.54. The predicted molar refractivity (Wildman–Crippen MR) is 99.6 cm³/mol. The van der Waals surface area contributed by atoms with Crippen molar-refractivity contribution in [3.05, 3.63) is 69.6 Å². The molecule has 28 heavy (non-hydrogen) atoms. The first kappa shape index (κ1) is 20.2. The number of benzene rings is 1. The van der Waals surface area contributed by atoms with Crippen molar-refractivity contribution in [2.24, 2.45) is 0 Å². The van der Waals surface area contributed by atoms with E-state index < -0.39 is 17.7 Å². The number of aryl methyl sites for hydroxylation is 1. The SMILES string of the molecule is Cc1ccccc1C(=O)OCc1c(C(C)C)nc2c(Cl)cc(C(F)(F)F)cn12. The largest absolute Gasteiger partial charge is 0.456 e. The number of ether oxygens (including phenoxy) is 1. The van der Waals surface area contributed by atoms with Crippen molar-refractivity contribution in [2.45, 2.75) is 39.5 Å². The lowest BCUT2D eigenvalue weighted by molar-refractivity contribution is -0.137. The van der Waals surface area contributed by atoms with Gasteiger partial charge >= 0.3 is 12.1 Å². The molecule has 1 aromatic carbocycles. The minimum absolute atomic E-state index is 0.0996. The number of imidazole rings is 1. The summed E-state index contributed by atoms with van der Waals surface area (Å²) in [5.41, 5.74) is 1.33. The number of nitrogens with zero attached hydrogens (tertiary/aromatic N) is 2. The van der Waals surface area contributed by atoms with Crippen molar-refractivity contribution in [3.8, 4) is 0 Å². The maximum absolute atomic E-state index is 13.2. The Morgan fingerprint density at radius 2 is 1.96 bits per heavy atom. The monoisotopic (exact) mass is 410 g/mol. The van der Waals surface area contributed by atoms with Crippen LogP contribution in [0.2, 0.25) is 5.02 Å². The van der Waals surface area contributed by atoms with Gasteiger partial charge in [0.1, 0.15) is 6.61 Å². The number of carbonyl (C=O) groups is 1. The van der Waals surface area contributed by atoms with Crippen LogP contribution in [0.15, 0.2) is 36.5 Å². The Bertz CT molecular complexity index is 1040. The standard InChI is InChI=1S/C20H18ClF3N2O2/c1-11(2)17-16(10-28-19(27)14-7-5-4-6-12(14)3)26-9-13(20(22,23)24)8-15(21)18(26)25-17/h4-9,11H,10H2,1-3H3. The molecule has 0 fully saturated rings. The summed E-state index contributed by atoms with van der Waals surface area (Å²) in [6.07, 6.45) is -3.63. The van der Waals surface area contributed by atoms with E-state index in [1.54, 1.807) is 31.2 Å². The Morgan fingerprint density at radius 1 is 1.29 bits per heavy atom. The molecule has 0 unspecified atom stereocenters. The number of carbonyl (C=O) groups excluding carboxylic acids is 1. The molecule has 2 heterocycles. The topological polar surface area (TPSA) is 43.6 Å². The Balaban J connectivity index is 2.03. The average Bonchev–Trinajstić information content (AvgIpc) is 2.99. The van der Waals surface area contributed by atoms with E-state index in [1.165, 1.54) is 4.40 Å². The lowest BCUT2D eigenvalue weighted by Crippen LogP contribution is -2.11. The number of aromatic nitrogens is 2. The van der Waals surface area contributed by atoms with E-state index in [0.717, 1.165) is 17.8 Å². The van der Waals surface area contributed by atoms with Crippen molar-refractivity contribution < 1.29 is 22.7 Å². The zero-order valence-electron chi connectivity index (χ0n) is 15.5. The number of rotatable bonds is 4. The molecule has 0 aliphatic rings. The lowest BCUT2D eigenvalue weighted by atomic mass is 10.1. The second-order valence-corrected chi connectivity index (χ2v) is 7.16. The van der Waals surface area contributed by atoms with E-state index in [1.807, 2.05) is 13.8 Å². The van der Waals surface area contributed by atoms with E-state index in [4.69, 9.17) is 16.3 Å². The molecule has 0 atom stereocenters. The van der Waals surface area contributed by atoms with Crippen LogP contribution in [0, 0.1) is 6.92 Å². The summed E-state index contributed by atoms with van der Waals surface area (Å²) >= 11 is 6.05. The molecule has 0 radical (unpaired) electrons. The number of alkyl halides is 3. The zero-order valence-corrected chi connectivity index (χ0v) is 16.2. The van der Waals surface area contributed by atoms with Gasteiger partial charge in [-0.3, -0.25) is 4.40 Å². The van der Waals surface area contributed by atoms with E-state index in [0.29, 0.717) is 17.0 Å². The van der Waals surface area contributed by atoms with Crippen molar-refractivity contribution in [1.82, 2.24) is 9.38 Å². The molecule has 0 saturated carbocycles. The molecule has 3 aromatic rings. The van der Waals surface area contributed by atoms with Crippen LogP contribution in [0.3, 0.4) is 0 Å². The number of hydrogen-bond donors (Lipinski definition) is 0. The average molecular weight is 411 g/mol. The molecule has 0 amide bonds. The van der Waals surface area contributed by atoms with Gasteiger partial charge in [-0.15, -0.1) is 0 Å². The fourth-order valence-electron chi connectivity index (χ4n) is 2.94. The van der Waals surface area contributed by atoms with Crippen LogP contribution in [0.1, 0.15) is 52.6 Å². The van der Waals surface area contributed by atoms with Gasteiger partial charge in [-0.25, -0.2) is 9.78 Å². The van der Waals surface area contributed by atoms with Crippen LogP contribution in [0.25, 0.3) is 5.65 Å². The summed E-state index contributed by atoms with van der Waals surface area (Å²) < 4.78 is 46.2. The van der Waals surface area contributed by atoms with E-state index in [2.05, 4.69) is 4.98 Å². The molecule has 0 N–H and O–H groups in total. The maximum Gasteiger partial charge on any atom is 0.417 e. The highest BCUT2D eigenvalue weighted by molar-refractivity contribution is 6.33.